The Morgan fingerprint density at radius 3 is 2.38 bits per heavy atom. The van der Waals surface area contributed by atoms with Crippen molar-refractivity contribution in [1.29, 1.82) is 0 Å². The van der Waals surface area contributed by atoms with Crippen molar-refractivity contribution in [3.63, 3.8) is 0 Å². The fraction of sp³-hybridized carbons (Fsp3) is 0.381. The molecule has 0 saturated carbocycles. The van der Waals surface area contributed by atoms with Gasteiger partial charge in [0.25, 0.3) is 5.91 Å². The quantitative estimate of drug-likeness (QED) is 0.710. The number of piperazine rings is 1. The van der Waals surface area contributed by atoms with Gasteiger partial charge in [0, 0.05) is 0 Å². The first-order chi connectivity index (χ1) is 13.9. The summed E-state index contributed by atoms with van der Waals surface area (Å²) >= 11 is 0. The highest BCUT2D eigenvalue weighted by Crippen LogP contribution is 2.17. The third-order valence-corrected chi connectivity index (χ3v) is 7.00. The van der Waals surface area contributed by atoms with E-state index in [9.17, 15) is 17.6 Å². The molecule has 0 unspecified atom stereocenters. The number of aryl methyl sites for hydroxylation is 1. The fourth-order valence-electron chi connectivity index (χ4n) is 3.47. The standard InChI is InChI=1S/C21H26FN3O3S/c1-2-5-17-8-10-18(11-9-17)29(27,28)25-14-12-24(13-15-25)16-21(26)23-20-7-4-3-6-19(20)22/h3-4,6-11H,2,5,12-16H2,1H3,(H,23,26)/p+1. The Morgan fingerprint density at radius 1 is 1.10 bits per heavy atom. The second-order valence-electron chi connectivity index (χ2n) is 7.25. The van der Waals surface area contributed by atoms with Crippen molar-refractivity contribution < 1.29 is 22.5 Å². The predicted molar refractivity (Wildman–Crippen MR) is 110 cm³/mol. The van der Waals surface area contributed by atoms with E-state index in [0.29, 0.717) is 31.1 Å². The van der Waals surface area contributed by atoms with Gasteiger partial charge in [-0.25, -0.2) is 12.8 Å². The zero-order chi connectivity index (χ0) is 20.9. The van der Waals surface area contributed by atoms with Crippen LogP contribution in [-0.2, 0) is 21.2 Å². The van der Waals surface area contributed by atoms with E-state index in [1.165, 1.54) is 16.4 Å². The third kappa shape index (κ3) is 5.41. The Hall–Kier alpha value is -2.29. The van der Waals surface area contributed by atoms with Gasteiger partial charge in [0.2, 0.25) is 10.0 Å². The normalized spacial score (nSPS) is 15.9. The van der Waals surface area contributed by atoms with Gasteiger partial charge in [-0.15, -0.1) is 0 Å². The molecule has 0 atom stereocenters. The number of hydrogen-bond acceptors (Lipinski definition) is 3. The summed E-state index contributed by atoms with van der Waals surface area (Å²) in [4.78, 5) is 13.5. The number of rotatable bonds is 7. The minimum absolute atomic E-state index is 0.157. The van der Waals surface area contributed by atoms with Gasteiger partial charge >= 0.3 is 0 Å². The number of nitrogens with one attached hydrogen (secondary N) is 2. The summed E-state index contributed by atoms with van der Waals surface area (Å²) < 4.78 is 40.8. The van der Waals surface area contributed by atoms with Crippen LogP contribution < -0.4 is 10.2 Å². The lowest BCUT2D eigenvalue weighted by molar-refractivity contribution is -0.895. The molecule has 3 rings (SSSR count). The Bertz CT molecular complexity index is 940. The zero-order valence-corrected chi connectivity index (χ0v) is 17.3. The van der Waals surface area contributed by atoms with Crippen molar-refractivity contribution in [1.82, 2.24) is 4.31 Å². The monoisotopic (exact) mass is 420 g/mol. The van der Waals surface area contributed by atoms with Crippen LogP contribution in [-0.4, -0.2) is 51.4 Å². The SMILES string of the molecule is CCCc1ccc(S(=O)(=O)N2CC[NH+](CC(=O)Nc3ccccc3F)CC2)cc1. The number of hydrogen-bond donors (Lipinski definition) is 2. The number of amides is 1. The third-order valence-electron chi connectivity index (χ3n) is 5.09. The predicted octanol–water partition coefficient (Wildman–Crippen LogP) is 1.31. The van der Waals surface area contributed by atoms with Gasteiger partial charge in [0.05, 0.1) is 36.8 Å². The lowest BCUT2D eigenvalue weighted by Crippen LogP contribution is -3.15. The molecule has 1 fully saturated rings. The lowest BCUT2D eigenvalue weighted by atomic mass is 10.1. The second-order valence-corrected chi connectivity index (χ2v) is 9.19. The van der Waals surface area contributed by atoms with Gasteiger partial charge < -0.3 is 10.2 Å². The molecule has 1 aliphatic heterocycles. The molecule has 1 amide bonds. The van der Waals surface area contributed by atoms with E-state index >= 15 is 0 Å². The number of anilines is 1. The number of halogens is 1. The first kappa shape index (κ1) is 21.4. The molecule has 0 aromatic heterocycles. The van der Waals surface area contributed by atoms with Crippen molar-refractivity contribution in [3.05, 3.63) is 59.9 Å². The second kappa shape index (κ2) is 9.47. The van der Waals surface area contributed by atoms with Gasteiger partial charge in [0.15, 0.2) is 6.54 Å². The van der Waals surface area contributed by atoms with Crippen LogP contribution in [0.2, 0.25) is 0 Å². The number of carbonyl (C=O) groups is 1. The number of carbonyl (C=O) groups excluding carboxylic acids is 1. The molecule has 6 nitrogen and oxygen atoms in total. The minimum atomic E-state index is -3.53. The molecule has 29 heavy (non-hydrogen) atoms. The summed E-state index contributed by atoms with van der Waals surface area (Å²) in [5.41, 5.74) is 1.28. The van der Waals surface area contributed by atoms with E-state index in [0.717, 1.165) is 23.3 Å². The van der Waals surface area contributed by atoms with Gasteiger partial charge in [-0.05, 0) is 36.2 Å². The van der Waals surface area contributed by atoms with Crippen LogP contribution in [0, 0.1) is 5.82 Å². The highest BCUT2D eigenvalue weighted by atomic mass is 32.2. The molecule has 0 aliphatic carbocycles. The zero-order valence-electron chi connectivity index (χ0n) is 16.5. The van der Waals surface area contributed by atoms with Crippen molar-refractivity contribution in [3.8, 4) is 0 Å². The summed E-state index contributed by atoms with van der Waals surface area (Å²) in [6.07, 6.45) is 1.94. The Labute approximate surface area is 171 Å². The summed E-state index contributed by atoms with van der Waals surface area (Å²) in [5, 5.41) is 2.57. The number of para-hydroxylation sites is 1. The summed E-state index contributed by atoms with van der Waals surface area (Å²) in [5.74, 6) is -0.760. The molecule has 0 spiro atoms. The number of quaternary nitrogens is 1. The molecule has 2 aromatic rings. The van der Waals surface area contributed by atoms with Crippen LogP contribution in [0.5, 0.6) is 0 Å². The van der Waals surface area contributed by atoms with E-state index in [2.05, 4.69) is 12.2 Å². The molecule has 156 valence electrons. The average Bonchev–Trinajstić information content (AvgIpc) is 2.71. The molecular formula is C21H27FN3O3S+. The van der Waals surface area contributed by atoms with Gasteiger partial charge in [-0.3, -0.25) is 4.79 Å². The Morgan fingerprint density at radius 2 is 1.76 bits per heavy atom. The van der Waals surface area contributed by atoms with Crippen LogP contribution in [0.1, 0.15) is 18.9 Å². The number of benzene rings is 2. The van der Waals surface area contributed by atoms with Crippen LogP contribution in [0.3, 0.4) is 0 Å². The average molecular weight is 421 g/mol. The van der Waals surface area contributed by atoms with Gasteiger partial charge in [-0.2, -0.15) is 4.31 Å². The summed E-state index contributed by atoms with van der Waals surface area (Å²) in [6, 6.07) is 13.1. The largest absolute Gasteiger partial charge is 0.325 e. The van der Waals surface area contributed by atoms with E-state index in [4.69, 9.17) is 0 Å². The smallest absolute Gasteiger partial charge is 0.279 e. The maximum absolute atomic E-state index is 13.6. The highest BCUT2D eigenvalue weighted by molar-refractivity contribution is 7.89. The van der Waals surface area contributed by atoms with Gasteiger partial charge in [-0.1, -0.05) is 37.6 Å². The highest BCUT2D eigenvalue weighted by Gasteiger charge is 2.31. The van der Waals surface area contributed by atoms with Crippen LogP contribution in [0.25, 0.3) is 0 Å². The van der Waals surface area contributed by atoms with Crippen molar-refractivity contribution in [2.24, 2.45) is 0 Å². The fourth-order valence-corrected chi connectivity index (χ4v) is 4.91. The summed E-state index contributed by atoms with van der Waals surface area (Å²) in [6.45, 7) is 4.01. The Kier molecular flexibility index (Phi) is 7.00. The Balaban J connectivity index is 1.54. The first-order valence-electron chi connectivity index (χ1n) is 9.87. The number of nitrogens with zero attached hydrogens (tertiary/aromatic N) is 1. The van der Waals surface area contributed by atoms with Crippen LogP contribution in [0.15, 0.2) is 53.4 Å². The summed E-state index contributed by atoms with van der Waals surface area (Å²) in [7, 11) is -3.53. The molecule has 0 radical (unpaired) electrons. The maximum Gasteiger partial charge on any atom is 0.279 e. The van der Waals surface area contributed by atoms with Crippen molar-refractivity contribution in [2.45, 2.75) is 24.7 Å². The molecule has 2 aromatic carbocycles. The van der Waals surface area contributed by atoms with E-state index in [-0.39, 0.29) is 18.1 Å². The lowest BCUT2D eigenvalue weighted by Gasteiger charge is -2.31. The van der Waals surface area contributed by atoms with Crippen molar-refractivity contribution in [2.75, 3.05) is 38.0 Å². The van der Waals surface area contributed by atoms with E-state index in [1.54, 1.807) is 24.3 Å². The van der Waals surface area contributed by atoms with Crippen molar-refractivity contribution >= 4 is 21.6 Å². The molecule has 0 bridgehead atoms. The van der Waals surface area contributed by atoms with Crippen LogP contribution >= 0.6 is 0 Å². The minimum Gasteiger partial charge on any atom is -0.325 e. The number of sulfonamides is 1. The van der Waals surface area contributed by atoms with E-state index < -0.39 is 15.8 Å². The van der Waals surface area contributed by atoms with Gasteiger partial charge in [0.1, 0.15) is 5.82 Å². The molecule has 2 N–H and O–H groups in total. The molecule has 1 heterocycles. The molecule has 1 saturated heterocycles. The molecule has 8 heteroatoms. The molecule has 1 aliphatic rings. The topological polar surface area (TPSA) is 70.9 Å². The van der Waals surface area contributed by atoms with E-state index in [1.807, 2.05) is 12.1 Å². The molecular weight excluding hydrogens is 393 g/mol. The van der Waals surface area contributed by atoms with Crippen LogP contribution in [0.4, 0.5) is 10.1 Å². The first-order valence-corrected chi connectivity index (χ1v) is 11.3. The maximum atomic E-state index is 13.6.